The Labute approximate surface area is 142 Å². The highest BCUT2D eigenvalue weighted by Gasteiger charge is 2.27. The predicted molar refractivity (Wildman–Crippen MR) is 97.7 cm³/mol. The van der Waals surface area contributed by atoms with Crippen LogP contribution in [0.15, 0.2) is 89.7 Å². The molecule has 0 fully saturated rings. The number of benzene rings is 2. The minimum absolute atomic E-state index is 0.0790. The lowest BCUT2D eigenvalue weighted by Gasteiger charge is -2.24. The zero-order valence-corrected chi connectivity index (χ0v) is 13.6. The summed E-state index contributed by atoms with van der Waals surface area (Å²) in [5, 5.41) is 10.4. The topological polar surface area (TPSA) is 37.3 Å². The monoisotopic (exact) mass is 316 g/mol. The van der Waals surface area contributed by atoms with Crippen LogP contribution in [-0.4, -0.2) is 10.9 Å². The van der Waals surface area contributed by atoms with Gasteiger partial charge in [-0.25, -0.2) is 0 Å². The first-order valence-electron chi connectivity index (χ1n) is 8.08. The van der Waals surface area contributed by atoms with Gasteiger partial charge >= 0.3 is 0 Å². The second-order valence-corrected chi connectivity index (χ2v) is 5.99. The SMILES string of the molecule is CC(=O)C1=C(O)C=C(C=Cc2ccccc2)C[C@H]1c1ccccc1. The molecule has 2 aromatic carbocycles. The first kappa shape index (κ1) is 16.0. The molecule has 1 aliphatic rings. The molecule has 0 aliphatic heterocycles. The Kier molecular flexibility index (Phi) is 4.76. The highest BCUT2D eigenvalue weighted by Crippen LogP contribution is 2.37. The van der Waals surface area contributed by atoms with Crippen molar-refractivity contribution in [3.05, 3.63) is 101 Å². The summed E-state index contributed by atoms with van der Waals surface area (Å²) >= 11 is 0. The molecule has 3 rings (SSSR count). The number of carbonyl (C=O) groups excluding carboxylic acids is 1. The molecule has 1 atom stereocenters. The zero-order chi connectivity index (χ0) is 16.9. The third kappa shape index (κ3) is 3.54. The molecule has 2 heteroatoms. The Morgan fingerprint density at radius 3 is 2.25 bits per heavy atom. The zero-order valence-electron chi connectivity index (χ0n) is 13.6. The predicted octanol–water partition coefficient (Wildman–Crippen LogP) is 5.21. The van der Waals surface area contributed by atoms with Gasteiger partial charge in [-0.2, -0.15) is 0 Å². The molecule has 2 aromatic rings. The molecule has 0 saturated heterocycles. The lowest BCUT2D eigenvalue weighted by atomic mass is 9.79. The van der Waals surface area contributed by atoms with Crippen LogP contribution in [-0.2, 0) is 4.79 Å². The largest absolute Gasteiger partial charge is 0.508 e. The van der Waals surface area contributed by atoms with Crippen molar-refractivity contribution in [2.45, 2.75) is 19.3 Å². The number of hydrogen-bond donors (Lipinski definition) is 1. The van der Waals surface area contributed by atoms with Gasteiger partial charge in [0.15, 0.2) is 5.78 Å². The van der Waals surface area contributed by atoms with Gasteiger partial charge in [-0.3, -0.25) is 4.79 Å². The Balaban J connectivity index is 1.94. The van der Waals surface area contributed by atoms with Gasteiger partial charge in [-0.15, -0.1) is 0 Å². The molecule has 1 aliphatic carbocycles. The number of aliphatic hydroxyl groups is 1. The van der Waals surface area contributed by atoms with Crippen LogP contribution < -0.4 is 0 Å². The van der Waals surface area contributed by atoms with Gasteiger partial charge in [0.25, 0.3) is 0 Å². The van der Waals surface area contributed by atoms with Crippen LogP contribution in [0.5, 0.6) is 0 Å². The smallest absolute Gasteiger partial charge is 0.160 e. The van der Waals surface area contributed by atoms with Gasteiger partial charge < -0.3 is 5.11 Å². The summed E-state index contributed by atoms with van der Waals surface area (Å²) < 4.78 is 0. The highest BCUT2D eigenvalue weighted by molar-refractivity contribution is 5.96. The van der Waals surface area contributed by atoms with E-state index in [4.69, 9.17) is 0 Å². The van der Waals surface area contributed by atoms with E-state index in [1.54, 1.807) is 6.08 Å². The van der Waals surface area contributed by atoms with E-state index in [9.17, 15) is 9.90 Å². The second-order valence-electron chi connectivity index (χ2n) is 5.99. The van der Waals surface area contributed by atoms with Crippen molar-refractivity contribution in [3.63, 3.8) is 0 Å². The molecule has 0 bridgehead atoms. The van der Waals surface area contributed by atoms with Gasteiger partial charge in [-0.1, -0.05) is 72.8 Å². The fourth-order valence-corrected chi connectivity index (χ4v) is 3.11. The van der Waals surface area contributed by atoms with E-state index in [0.717, 1.165) is 16.7 Å². The van der Waals surface area contributed by atoms with Crippen molar-refractivity contribution in [1.82, 2.24) is 0 Å². The van der Waals surface area contributed by atoms with Crippen LogP contribution in [0.3, 0.4) is 0 Å². The molecule has 0 aromatic heterocycles. The van der Waals surface area contributed by atoms with Crippen molar-refractivity contribution in [2.24, 2.45) is 0 Å². The molecule has 2 nitrogen and oxygen atoms in total. The lowest BCUT2D eigenvalue weighted by Crippen LogP contribution is -2.16. The van der Waals surface area contributed by atoms with E-state index in [2.05, 4.69) is 0 Å². The van der Waals surface area contributed by atoms with Crippen LogP contribution >= 0.6 is 0 Å². The number of carbonyl (C=O) groups is 1. The molecule has 120 valence electrons. The molecule has 0 radical (unpaired) electrons. The number of hydrogen-bond acceptors (Lipinski definition) is 2. The van der Waals surface area contributed by atoms with Gasteiger partial charge in [-0.05, 0) is 36.1 Å². The Hall–Kier alpha value is -2.87. The number of allylic oxidation sites excluding steroid dienone is 4. The molecule has 0 amide bonds. The van der Waals surface area contributed by atoms with Gasteiger partial charge in [0.05, 0.1) is 0 Å². The van der Waals surface area contributed by atoms with Crippen LogP contribution in [0.2, 0.25) is 0 Å². The maximum Gasteiger partial charge on any atom is 0.160 e. The van der Waals surface area contributed by atoms with Gasteiger partial charge in [0, 0.05) is 11.5 Å². The summed E-state index contributed by atoms with van der Waals surface area (Å²) in [7, 11) is 0. The second kappa shape index (κ2) is 7.14. The number of rotatable bonds is 4. The molecule has 1 N–H and O–H groups in total. The van der Waals surface area contributed by atoms with Crippen LogP contribution in [0, 0.1) is 0 Å². The van der Waals surface area contributed by atoms with Crippen molar-refractivity contribution in [2.75, 3.05) is 0 Å². The fraction of sp³-hybridized carbons (Fsp3) is 0.136. The molecular formula is C22H20O2. The van der Waals surface area contributed by atoms with Crippen molar-refractivity contribution in [1.29, 1.82) is 0 Å². The van der Waals surface area contributed by atoms with E-state index >= 15 is 0 Å². The maximum absolute atomic E-state index is 12.0. The standard InChI is InChI=1S/C22H20O2/c1-16(23)22-20(19-10-6-3-7-11-19)14-18(15-21(22)24)13-12-17-8-4-2-5-9-17/h2-13,15,20,24H,14H2,1H3/t20-/m0/s1. The summed E-state index contributed by atoms with van der Waals surface area (Å²) in [6.45, 7) is 1.51. The van der Waals surface area contributed by atoms with E-state index in [1.165, 1.54) is 6.92 Å². The van der Waals surface area contributed by atoms with Crippen LogP contribution in [0.1, 0.15) is 30.4 Å². The summed E-state index contributed by atoms with van der Waals surface area (Å²) in [6.07, 6.45) is 6.44. The molecule has 0 unspecified atom stereocenters. The van der Waals surface area contributed by atoms with Crippen molar-refractivity contribution in [3.8, 4) is 0 Å². The first-order valence-corrected chi connectivity index (χ1v) is 8.08. The van der Waals surface area contributed by atoms with Crippen molar-refractivity contribution < 1.29 is 9.90 Å². The minimum atomic E-state index is -0.107. The quantitative estimate of drug-likeness (QED) is 0.840. The van der Waals surface area contributed by atoms with Gasteiger partial charge in [0.1, 0.15) is 5.76 Å². The Morgan fingerprint density at radius 1 is 1.00 bits per heavy atom. The number of Topliss-reactive ketones (excluding diaryl/α,β-unsaturated/α-hetero) is 1. The maximum atomic E-state index is 12.0. The van der Waals surface area contributed by atoms with E-state index < -0.39 is 0 Å². The number of aliphatic hydroxyl groups excluding tert-OH is 1. The third-order valence-electron chi connectivity index (χ3n) is 4.26. The lowest BCUT2D eigenvalue weighted by molar-refractivity contribution is -0.114. The molecule has 0 saturated carbocycles. The normalized spacial score (nSPS) is 17.9. The average Bonchev–Trinajstić information content (AvgIpc) is 2.60. The molecule has 24 heavy (non-hydrogen) atoms. The fourth-order valence-electron chi connectivity index (χ4n) is 3.11. The minimum Gasteiger partial charge on any atom is -0.508 e. The number of ketones is 1. The third-order valence-corrected chi connectivity index (χ3v) is 4.26. The Morgan fingerprint density at radius 2 is 1.62 bits per heavy atom. The average molecular weight is 316 g/mol. The van der Waals surface area contributed by atoms with E-state index in [1.807, 2.05) is 72.8 Å². The van der Waals surface area contributed by atoms with E-state index in [0.29, 0.717) is 12.0 Å². The molecule has 0 spiro atoms. The van der Waals surface area contributed by atoms with E-state index in [-0.39, 0.29) is 17.5 Å². The van der Waals surface area contributed by atoms with Crippen molar-refractivity contribution >= 4 is 11.9 Å². The summed E-state index contributed by atoms with van der Waals surface area (Å²) in [5.41, 5.74) is 3.66. The molecular weight excluding hydrogens is 296 g/mol. The Bertz CT molecular complexity index is 812. The van der Waals surface area contributed by atoms with Crippen LogP contribution in [0.4, 0.5) is 0 Å². The first-order chi connectivity index (χ1) is 11.6. The summed E-state index contributed by atoms with van der Waals surface area (Å²) in [6, 6.07) is 19.9. The van der Waals surface area contributed by atoms with Gasteiger partial charge in [0.2, 0.25) is 0 Å². The highest BCUT2D eigenvalue weighted by atomic mass is 16.3. The summed E-state index contributed by atoms with van der Waals surface area (Å²) in [4.78, 5) is 12.0. The summed E-state index contributed by atoms with van der Waals surface area (Å²) in [5.74, 6) is -0.108. The van der Waals surface area contributed by atoms with Crippen LogP contribution in [0.25, 0.3) is 6.08 Å². The molecule has 0 heterocycles.